The molecule has 0 spiro atoms. The Morgan fingerprint density at radius 3 is 1.46 bits per heavy atom. The van der Waals surface area contributed by atoms with E-state index in [1.807, 2.05) is 72.8 Å². The van der Waals surface area contributed by atoms with E-state index < -0.39 is 0 Å². The van der Waals surface area contributed by atoms with E-state index in [0.717, 1.165) is 77.2 Å². The van der Waals surface area contributed by atoms with Gasteiger partial charge in [-0.05, 0) is 47.5 Å². The minimum Gasteiger partial charge on any atom is -0.308 e. The number of aromatic nitrogens is 2. The van der Waals surface area contributed by atoms with Gasteiger partial charge in [-0.15, -0.1) is 0 Å². The Hall–Kier alpha value is -6.88. The van der Waals surface area contributed by atoms with E-state index in [0.29, 0.717) is 11.1 Å². The molecular weight excluding hydrogens is 585 g/mol. The molecule has 0 atom stereocenters. The van der Waals surface area contributed by atoms with Crippen LogP contribution in [0.3, 0.4) is 0 Å². The zero-order chi connectivity index (χ0) is 32.2. The highest BCUT2D eigenvalue weighted by Crippen LogP contribution is 2.42. The first-order chi connectivity index (χ1) is 23.8. The molecule has 0 aliphatic heterocycles. The van der Waals surface area contributed by atoms with Crippen molar-refractivity contribution in [2.24, 2.45) is 0 Å². The number of rotatable bonds is 4. The zero-order valence-electron chi connectivity index (χ0n) is 25.8. The van der Waals surface area contributed by atoms with Gasteiger partial charge in [0.2, 0.25) is 0 Å². The lowest BCUT2D eigenvalue weighted by Crippen LogP contribution is -2.01. The van der Waals surface area contributed by atoms with Gasteiger partial charge in [0, 0.05) is 32.7 Å². The van der Waals surface area contributed by atoms with Gasteiger partial charge in [-0.1, -0.05) is 121 Å². The first-order valence-electron chi connectivity index (χ1n) is 15.9. The molecule has 4 heteroatoms. The molecule has 9 rings (SSSR count). The number of para-hydroxylation sites is 5. The Morgan fingerprint density at radius 1 is 0.354 bits per heavy atom. The van der Waals surface area contributed by atoms with Crippen LogP contribution in [0.25, 0.3) is 77.2 Å². The summed E-state index contributed by atoms with van der Waals surface area (Å²) in [6.45, 7) is 0. The zero-order valence-corrected chi connectivity index (χ0v) is 25.8. The van der Waals surface area contributed by atoms with Crippen LogP contribution in [-0.2, 0) is 0 Å². The van der Waals surface area contributed by atoms with Crippen molar-refractivity contribution in [2.45, 2.75) is 0 Å². The fraction of sp³-hybridized carbons (Fsp3) is 0. The van der Waals surface area contributed by atoms with E-state index in [1.165, 1.54) is 0 Å². The van der Waals surface area contributed by atoms with E-state index >= 15 is 0 Å². The summed E-state index contributed by atoms with van der Waals surface area (Å²) in [6.07, 6.45) is 0. The Kier molecular flexibility index (Phi) is 6.22. The van der Waals surface area contributed by atoms with Gasteiger partial charge < -0.3 is 9.13 Å². The minimum atomic E-state index is 0.609. The molecule has 0 radical (unpaired) electrons. The third-order valence-electron chi connectivity index (χ3n) is 9.44. The molecule has 4 nitrogen and oxygen atoms in total. The van der Waals surface area contributed by atoms with Crippen molar-refractivity contribution >= 4 is 43.6 Å². The maximum Gasteiger partial charge on any atom is 0.102 e. The van der Waals surface area contributed by atoms with Gasteiger partial charge in [0.25, 0.3) is 0 Å². The Balaban J connectivity index is 1.32. The number of nitriles is 2. The summed E-state index contributed by atoms with van der Waals surface area (Å²) >= 11 is 0. The maximum absolute atomic E-state index is 10.9. The predicted molar refractivity (Wildman–Crippen MR) is 195 cm³/mol. The van der Waals surface area contributed by atoms with Crippen LogP contribution in [0.1, 0.15) is 11.1 Å². The molecule has 0 amide bonds. The number of benzene rings is 7. The van der Waals surface area contributed by atoms with Crippen LogP contribution in [0.5, 0.6) is 0 Å². The lowest BCUT2D eigenvalue weighted by Gasteiger charge is -2.19. The summed E-state index contributed by atoms with van der Waals surface area (Å²) < 4.78 is 4.43. The highest BCUT2D eigenvalue weighted by molar-refractivity contribution is 6.12. The molecule has 0 saturated heterocycles. The predicted octanol–water partition coefficient (Wildman–Crippen LogP) is 11.0. The van der Waals surface area contributed by atoms with Crippen LogP contribution in [0.4, 0.5) is 0 Å². The van der Waals surface area contributed by atoms with Crippen molar-refractivity contribution in [1.29, 1.82) is 10.5 Å². The average Bonchev–Trinajstić information content (AvgIpc) is 3.67. The number of fused-ring (bicyclic) bond motifs is 6. The van der Waals surface area contributed by atoms with Gasteiger partial charge in [-0.2, -0.15) is 10.5 Å². The lowest BCUT2D eigenvalue weighted by atomic mass is 9.90. The van der Waals surface area contributed by atoms with Crippen molar-refractivity contribution in [3.63, 3.8) is 0 Å². The quantitative estimate of drug-likeness (QED) is 0.199. The van der Waals surface area contributed by atoms with Crippen LogP contribution in [0, 0.1) is 22.7 Å². The Bertz CT molecular complexity index is 2760. The smallest absolute Gasteiger partial charge is 0.102 e. The minimum absolute atomic E-state index is 0.609. The fourth-order valence-electron chi connectivity index (χ4n) is 7.46. The van der Waals surface area contributed by atoms with E-state index in [2.05, 4.69) is 106 Å². The second-order valence-electron chi connectivity index (χ2n) is 11.9. The third-order valence-corrected chi connectivity index (χ3v) is 9.44. The number of hydrogen-bond donors (Lipinski definition) is 0. The highest BCUT2D eigenvalue weighted by Gasteiger charge is 2.22. The third kappa shape index (κ3) is 3.94. The van der Waals surface area contributed by atoms with E-state index in [9.17, 15) is 10.5 Å². The standard InChI is InChI=1S/C44H26N4/c45-27-29-13-11-21-37-36-19-6-10-25-42(36)48(44(29)37)41-24-9-3-16-33(41)31-15-2-1-14-30(31)32-20-12-26-43(38(32)28-46)47-39-22-7-4-17-34(39)35-18-5-8-23-40(35)47/h1-26H. The van der Waals surface area contributed by atoms with Gasteiger partial charge in [0.15, 0.2) is 0 Å². The Morgan fingerprint density at radius 2 is 0.812 bits per heavy atom. The molecular formula is C44H26N4. The molecule has 0 bridgehead atoms. The second-order valence-corrected chi connectivity index (χ2v) is 11.9. The molecule has 222 valence electrons. The molecule has 2 heterocycles. The molecule has 7 aromatic carbocycles. The van der Waals surface area contributed by atoms with Gasteiger partial charge in [0.1, 0.15) is 12.1 Å². The molecule has 0 N–H and O–H groups in total. The maximum atomic E-state index is 10.9. The average molecular weight is 611 g/mol. The highest BCUT2D eigenvalue weighted by atomic mass is 15.0. The summed E-state index contributed by atoms with van der Waals surface area (Å²) in [4.78, 5) is 0. The first kappa shape index (κ1) is 27.4. The van der Waals surface area contributed by atoms with Gasteiger partial charge >= 0.3 is 0 Å². The van der Waals surface area contributed by atoms with Crippen LogP contribution < -0.4 is 0 Å². The van der Waals surface area contributed by atoms with Crippen LogP contribution in [0.15, 0.2) is 158 Å². The number of nitrogens with zero attached hydrogens (tertiary/aromatic N) is 4. The summed E-state index contributed by atoms with van der Waals surface area (Å²) in [5, 5.41) is 25.5. The van der Waals surface area contributed by atoms with Crippen LogP contribution in [-0.4, -0.2) is 9.13 Å². The van der Waals surface area contributed by atoms with Crippen LogP contribution >= 0.6 is 0 Å². The largest absolute Gasteiger partial charge is 0.308 e. The van der Waals surface area contributed by atoms with Crippen LogP contribution in [0.2, 0.25) is 0 Å². The molecule has 0 saturated carbocycles. The molecule has 48 heavy (non-hydrogen) atoms. The SMILES string of the molecule is N#Cc1c(-c2ccccc2-c2ccccc2-n2c3ccccc3c3cccc(C#N)c32)cccc1-n1c2ccccc2c2ccccc21. The summed E-state index contributed by atoms with van der Waals surface area (Å²) in [5.74, 6) is 0. The van der Waals surface area contributed by atoms with Gasteiger partial charge in [-0.3, -0.25) is 0 Å². The monoisotopic (exact) mass is 610 g/mol. The molecule has 2 aromatic heterocycles. The first-order valence-corrected chi connectivity index (χ1v) is 15.9. The van der Waals surface area contributed by atoms with Crippen molar-refractivity contribution in [3.05, 3.63) is 169 Å². The molecule has 0 fully saturated rings. The van der Waals surface area contributed by atoms with Crippen molar-refractivity contribution in [1.82, 2.24) is 9.13 Å². The number of hydrogen-bond acceptors (Lipinski definition) is 2. The second kappa shape index (κ2) is 10.9. The van der Waals surface area contributed by atoms with Gasteiger partial charge in [-0.25, -0.2) is 0 Å². The molecule has 9 aromatic rings. The van der Waals surface area contributed by atoms with Crippen molar-refractivity contribution < 1.29 is 0 Å². The van der Waals surface area contributed by atoms with Crippen molar-refractivity contribution in [3.8, 4) is 45.8 Å². The van der Waals surface area contributed by atoms with Gasteiger partial charge in [0.05, 0.1) is 44.6 Å². The van der Waals surface area contributed by atoms with E-state index in [4.69, 9.17) is 0 Å². The Labute approximate surface area is 277 Å². The molecule has 0 unspecified atom stereocenters. The lowest BCUT2D eigenvalue weighted by molar-refractivity contribution is 1.17. The topological polar surface area (TPSA) is 57.4 Å². The fourth-order valence-corrected chi connectivity index (χ4v) is 7.46. The summed E-state index contributed by atoms with van der Waals surface area (Å²) in [7, 11) is 0. The summed E-state index contributed by atoms with van der Waals surface area (Å²) in [5.41, 5.74) is 10.9. The van der Waals surface area contributed by atoms with Crippen molar-refractivity contribution in [2.75, 3.05) is 0 Å². The normalized spacial score (nSPS) is 11.3. The molecule has 0 aliphatic rings. The summed E-state index contributed by atoms with van der Waals surface area (Å²) in [6, 6.07) is 58.8. The van der Waals surface area contributed by atoms with E-state index in [-0.39, 0.29) is 0 Å². The molecule has 0 aliphatic carbocycles. The van der Waals surface area contributed by atoms with E-state index in [1.54, 1.807) is 0 Å².